The third kappa shape index (κ3) is 5.07. The fourth-order valence-electron chi connectivity index (χ4n) is 7.13. The van der Waals surface area contributed by atoms with Gasteiger partial charge in [0.1, 0.15) is 11.5 Å². The number of para-hydroxylation sites is 1. The van der Waals surface area contributed by atoms with Crippen LogP contribution in [0.15, 0.2) is 54.7 Å². The number of pyridine rings is 1. The number of aromatic nitrogens is 3. The zero-order chi connectivity index (χ0) is 30.7. The van der Waals surface area contributed by atoms with Gasteiger partial charge in [0.25, 0.3) is 5.79 Å². The van der Waals surface area contributed by atoms with E-state index in [2.05, 4.69) is 25.4 Å². The van der Waals surface area contributed by atoms with Crippen LogP contribution in [0.25, 0.3) is 11.0 Å². The number of carboxylic acids is 1. The number of piperazine rings is 1. The second-order valence-electron chi connectivity index (χ2n) is 12.2. The number of benzene rings is 2. The lowest BCUT2D eigenvalue weighted by molar-refractivity contribution is -0.0716. The quantitative estimate of drug-likeness (QED) is 0.308. The summed E-state index contributed by atoms with van der Waals surface area (Å²) >= 11 is 6.08. The molecule has 3 fully saturated rings. The molecule has 0 spiro atoms. The van der Waals surface area contributed by atoms with Gasteiger partial charge in [-0.3, -0.25) is 9.88 Å². The summed E-state index contributed by atoms with van der Waals surface area (Å²) in [5, 5.41) is 10.2. The number of hydrogen-bond acceptors (Lipinski definition) is 9. The first-order valence-corrected chi connectivity index (χ1v) is 15.8. The molecule has 4 atom stereocenters. The van der Waals surface area contributed by atoms with Crippen LogP contribution in [-0.4, -0.2) is 81.6 Å². The van der Waals surface area contributed by atoms with Crippen LogP contribution < -0.4 is 14.4 Å². The molecular weight excluding hydrogens is 598 g/mol. The molecule has 0 saturated carbocycles. The van der Waals surface area contributed by atoms with Crippen molar-refractivity contribution in [2.75, 3.05) is 37.8 Å². The Hall–Kier alpha value is -3.90. The van der Waals surface area contributed by atoms with Crippen LogP contribution >= 0.6 is 11.6 Å². The molecule has 0 aliphatic carbocycles. The molecule has 1 N–H and O–H groups in total. The molecule has 6 heterocycles. The van der Waals surface area contributed by atoms with Crippen molar-refractivity contribution < 1.29 is 28.8 Å². The Morgan fingerprint density at radius 2 is 2.00 bits per heavy atom. The first-order valence-electron chi connectivity index (χ1n) is 15.4. The summed E-state index contributed by atoms with van der Waals surface area (Å²) in [4.78, 5) is 26.1. The van der Waals surface area contributed by atoms with Crippen LogP contribution in [0.1, 0.15) is 41.6 Å². The number of carboxylic acid groups (broad SMARTS) is 1. The molecule has 8 rings (SSSR count). The van der Waals surface area contributed by atoms with Crippen molar-refractivity contribution in [3.63, 3.8) is 0 Å². The van der Waals surface area contributed by atoms with Gasteiger partial charge in [-0.05, 0) is 55.3 Å². The number of nitrogens with zero attached hydrogens (tertiary/aromatic N) is 5. The number of halogens is 1. The van der Waals surface area contributed by atoms with E-state index in [1.54, 1.807) is 30.5 Å². The first kappa shape index (κ1) is 28.6. The highest BCUT2D eigenvalue weighted by molar-refractivity contribution is 6.30. The van der Waals surface area contributed by atoms with E-state index < -0.39 is 11.8 Å². The predicted octanol–water partition coefficient (Wildman–Crippen LogP) is 4.70. The molecule has 2 aromatic heterocycles. The summed E-state index contributed by atoms with van der Waals surface area (Å²) in [7, 11) is 0. The van der Waals surface area contributed by atoms with Crippen molar-refractivity contribution in [1.82, 2.24) is 19.4 Å². The van der Waals surface area contributed by atoms with Crippen LogP contribution in [-0.2, 0) is 28.4 Å². The van der Waals surface area contributed by atoms with Gasteiger partial charge >= 0.3 is 5.97 Å². The molecule has 45 heavy (non-hydrogen) atoms. The van der Waals surface area contributed by atoms with Gasteiger partial charge in [0.15, 0.2) is 11.5 Å². The molecule has 4 aromatic rings. The smallest absolute Gasteiger partial charge is 0.335 e. The molecule has 12 heteroatoms. The minimum Gasteiger partial charge on any atom is -0.478 e. The third-order valence-corrected chi connectivity index (χ3v) is 9.63. The van der Waals surface area contributed by atoms with E-state index >= 15 is 0 Å². The lowest BCUT2D eigenvalue weighted by Crippen LogP contribution is -2.59. The summed E-state index contributed by atoms with van der Waals surface area (Å²) in [5.41, 5.74) is 3.49. The Bertz CT molecular complexity index is 1760. The van der Waals surface area contributed by atoms with Crippen molar-refractivity contribution in [2.24, 2.45) is 0 Å². The predicted molar refractivity (Wildman–Crippen MR) is 166 cm³/mol. The Morgan fingerprint density at radius 1 is 1.11 bits per heavy atom. The molecule has 0 radical (unpaired) electrons. The SMILES string of the molecule is C[C@@]1(c2ccc(Cl)cn2)Oc2cccc(N3CCN(Cc4nc5ccc(C(=O)O)cc5n4C[C@@H]4CCCO4)[C@@H]4COC[C@@H]43)c2O1. The molecule has 0 amide bonds. The highest BCUT2D eigenvalue weighted by atomic mass is 35.5. The summed E-state index contributed by atoms with van der Waals surface area (Å²) in [6.07, 6.45) is 3.70. The number of ether oxygens (including phenoxy) is 4. The molecule has 3 saturated heterocycles. The Labute approximate surface area is 265 Å². The summed E-state index contributed by atoms with van der Waals surface area (Å²) < 4.78 is 27.1. The molecule has 4 aliphatic heterocycles. The zero-order valence-electron chi connectivity index (χ0n) is 24.9. The minimum atomic E-state index is -1.07. The van der Waals surface area contributed by atoms with Gasteiger partial charge in [-0.1, -0.05) is 17.7 Å². The number of fused-ring (bicyclic) bond motifs is 3. The maximum Gasteiger partial charge on any atom is 0.335 e. The maximum absolute atomic E-state index is 11.8. The van der Waals surface area contributed by atoms with Crippen LogP contribution in [0.4, 0.5) is 5.69 Å². The number of anilines is 1. The summed E-state index contributed by atoms with van der Waals surface area (Å²) in [5.74, 6) is 0.262. The second-order valence-corrected chi connectivity index (χ2v) is 12.7. The molecule has 4 aliphatic rings. The van der Waals surface area contributed by atoms with Gasteiger partial charge < -0.3 is 33.5 Å². The van der Waals surface area contributed by atoms with Crippen LogP contribution in [0, 0.1) is 0 Å². The average molecular weight is 632 g/mol. The Kier molecular flexibility index (Phi) is 7.09. The van der Waals surface area contributed by atoms with Crippen molar-refractivity contribution in [3.05, 3.63) is 76.8 Å². The van der Waals surface area contributed by atoms with E-state index in [4.69, 9.17) is 35.5 Å². The highest BCUT2D eigenvalue weighted by Crippen LogP contribution is 2.50. The van der Waals surface area contributed by atoms with E-state index in [9.17, 15) is 9.90 Å². The lowest BCUT2D eigenvalue weighted by atomic mass is 10.0. The Balaban J connectivity index is 1.07. The van der Waals surface area contributed by atoms with Gasteiger partial charge in [0.05, 0.1) is 71.8 Å². The molecule has 234 valence electrons. The lowest BCUT2D eigenvalue weighted by Gasteiger charge is -2.44. The van der Waals surface area contributed by atoms with E-state index in [0.717, 1.165) is 55.1 Å². The van der Waals surface area contributed by atoms with Gasteiger partial charge in [0, 0.05) is 32.8 Å². The zero-order valence-corrected chi connectivity index (χ0v) is 25.7. The fraction of sp³-hybridized carbons (Fsp3) is 0.424. The van der Waals surface area contributed by atoms with Crippen molar-refractivity contribution in [3.8, 4) is 11.5 Å². The van der Waals surface area contributed by atoms with Crippen LogP contribution in [0.3, 0.4) is 0 Å². The largest absolute Gasteiger partial charge is 0.478 e. The fourth-order valence-corrected chi connectivity index (χ4v) is 7.24. The average Bonchev–Trinajstić information content (AvgIpc) is 3.84. The number of hydrogen-bond donors (Lipinski definition) is 1. The van der Waals surface area contributed by atoms with Crippen molar-refractivity contribution >= 4 is 34.3 Å². The molecule has 0 unspecified atom stereocenters. The molecular formula is C33H34ClN5O6. The van der Waals surface area contributed by atoms with Crippen LogP contribution in [0.5, 0.6) is 11.5 Å². The van der Waals surface area contributed by atoms with Gasteiger partial charge in [0.2, 0.25) is 0 Å². The van der Waals surface area contributed by atoms with Crippen LogP contribution in [0.2, 0.25) is 5.02 Å². The normalized spacial score (nSPS) is 26.1. The second kappa shape index (κ2) is 11.2. The van der Waals surface area contributed by atoms with E-state index in [1.807, 2.05) is 25.1 Å². The third-order valence-electron chi connectivity index (χ3n) is 9.41. The topological polar surface area (TPSA) is 111 Å². The number of rotatable bonds is 7. The first-order chi connectivity index (χ1) is 21.9. The summed E-state index contributed by atoms with van der Waals surface area (Å²) in [6, 6.07) is 15.0. The molecule has 0 bridgehead atoms. The van der Waals surface area contributed by atoms with E-state index in [-0.39, 0.29) is 23.8 Å². The molecule has 2 aromatic carbocycles. The number of aromatic carboxylic acids is 1. The summed E-state index contributed by atoms with van der Waals surface area (Å²) in [6.45, 7) is 6.64. The highest BCUT2D eigenvalue weighted by Gasteiger charge is 2.46. The standard InChI is InChI=1S/C33H34ClN5O6/c1-33(29-10-8-21(34)15-35-29)44-28-6-2-5-24(31(28)45-33)38-12-11-37(26-18-42-19-27(26)38)17-30-36-23-9-7-20(32(40)41)14-25(23)39(30)16-22-4-3-13-43-22/h2,5-10,14-15,22,26-27H,3-4,11-13,16-19H2,1H3,(H,40,41)/t22-,26+,27-,33+/m0/s1. The minimum absolute atomic E-state index is 0.0881. The van der Waals surface area contributed by atoms with E-state index in [1.165, 1.54) is 0 Å². The molecule has 11 nitrogen and oxygen atoms in total. The van der Waals surface area contributed by atoms with Gasteiger partial charge in [-0.15, -0.1) is 0 Å². The van der Waals surface area contributed by atoms with Gasteiger partial charge in [-0.2, -0.15) is 0 Å². The Morgan fingerprint density at radius 3 is 2.80 bits per heavy atom. The maximum atomic E-state index is 11.8. The monoisotopic (exact) mass is 631 g/mol. The van der Waals surface area contributed by atoms with Crippen molar-refractivity contribution in [2.45, 2.75) is 56.8 Å². The van der Waals surface area contributed by atoms with Crippen molar-refractivity contribution in [1.29, 1.82) is 0 Å². The van der Waals surface area contributed by atoms with Gasteiger partial charge in [-0.25, -0.2) is 9.78 Å². The van der Waals surface area contributed by atoms with E-state index in [0.29, 0.717) is 48.5 Å². The number of imidazole rings is 1. The number of carbonyl (C=O) groups is 1.